The molecule has 2 heterocycles. The van der Waals surface area contributed by atoms with Crippen LogP contribution in [-0.4, -0.2) is 26.1 Å². The smallest absolute Gasteiger partial charge is 0.103 e. The van der Waals surface area contributed by atoms with Crippen molar-refractivity contribution >= 4 is 11.7 Å². The van der Waals surface area contributed by atoms with Gasteiger partial charge in [0.15, 0.2) is 0 Å². The first-order valence-electron chi connectivity index (χ1n) is 6.39. The van der Waals surface area contributed by atoms with Gasteiger partial charge in [-0.15, -0.1) is 0 Å². The topological polar surface area (TPSA) is 55.2 Å². The zero-order valence-electron chi connectivity index (χ0n) is 9.84. The van der Waals surface area contributed by atoms with Crippen LogP contribution in [0.25, 0.3) is 0 Å². The van der Waals surface area contributed by atoms with Crippen LogP contribution in [-0.2, 0) is 4.74 Å². The lowest BCUT2D eigenvalue weighted by Gasteiger charge is -2.39. The first-order valence-corrected chi connectivity index (χ1v) is 7.12. The van der Waals surface area contributed by atoms with E-state index in [1.807, 2.05) is 0 Å². The van der Waals surface area contributed by atoms with Crippen molar-refractivity contribution in [3.8, 4) is 0 Å². The van der Waals surface area contributed by atoms with Gasteiger partial charge in [-0.25, -0.2) is 0 Å². The molecule has 4 nitrogen and oxygen atoms in total. The third kappa shape index (κ3) is 2.23. The molecule has 17 heavy (non-hydrogen) atoms. The molecule has 2 unspecified atom stereocenters. The molecule has 0 aromatic carbocycles. The van der Waals surface area contributed by atoms with Crippen LogP contribution < -0.4 is 0 Å². The number of aromatic nitrogens is 2. The van der Waals surface area contributed by atoms with Crippen molar-refractivity contribution in [1.29, 1.82) is 0 Å². The van der Waals surface area contributed by atoms with Gasteiger partial charge >= 0.3 is 0 Å². The number of hydrogen-bond acceptors (Lipinski definition) is 5. The van der Waals surface area contributed by atoms with Crippen molar-refractivity contribution in [1.82, 2.24) is 8.75 Å². The lowest BCUT2D eigenvalue weighted by Crippen LogP contribution is -2.39. The normalized spacial score (nSPS) is 29.6. The molecule has 0 radical (unpaired) electrons. The number of rotatable bonds is 2. The van der Waals surface area contributed by atoms with E-state index < -0.39 is 6.10 Å². The third-order valence-electron chi connectivity index (χ3n) is 4.17. The summed E-state index contributed by atoms with van der Waals surface area (Å²) in [6.45, 7) is 0.777. The molecule has 1 aromatic rings. The summed E-state index contributed by atoms with van der Waals surface area (Å²) >= 11 is 1.16. The van der Waals surface area contributed by atoms with E-state index in [1.165, 1.54) is 12.8 Å². The van der Waals surface area contributed by atoms with E-state index in [0.29, 0.717) is 0 Å². The minimum atomic E-state index is -0.463. The molecule has 1 aliphatic carbocycles. The SMILES string of the molecule is OC(c1cnsn1)C1CCOC2(CCCC2)C1. The number of aliphatic hydroxyl groups excluding tert-OH is 1. The van der Waals surface area contributed by atoms with Gasteiger partial charge in [-0.1, -0.05) is 12.8 Å². The third-order valence-corrected chi connectivity index (χ3v) is 4.67. The van der Waals surface area contributed by atoms with Crippen molar-refractivity contribution in [3.63, 3.8) is 0 Å². The Bertz CT molecular complexity index is 363. The second kappa shape index (κ2) is 4.63. The summed E-state index contributed by atoms with van der Waals surface area (Å²) in [5.74, 6) is 0.283. The Morgan fingerprint density at radius 2 is 2.29 bits per heavy atom. The number of hydrogen-bond donors (Lipinski definition) is 1. The predicted molar refractivity (Wildman–Crippen MR) is 64.7 cm³/mol. The van der Waals surface area contributed by atoms with E-state index in [4.69, 9.17) is 4.74 Å². The van der Waals surface area contributed by atoms with Crippen LogP contribution in [0.2, 0.25) is 0 Å². The van der Waals surface area contributed by atoms with Gasteiger partial charge in [0.2, 0.25) is 0 Å². The maximum atomic E-state index is 10.3. The fourth-order valence-corrected chi connectivity index (χ4v) is 3.70. The number of ether oxygens (including phenoxy) is 1. The molecule has 2 atom stereocenters. The average Bonchev–Trinajstić information content (AvgIpc) is 3.00. The molecule has 1 N–H and O–H groups in total. The van der Waals surface area contributed by atoms with E-state index in [1.54, 1.807) is 6.20 Å². The van der Waals surface area contributed by atoms with Crippen LogP contribution in [0.4, 0.5) is 0 Å². The average molecular weight is 254 g/mol. The van der Waals surface area contributed by atoms with E-state index in [-0.39, 0.29) is 11.5 Å². The van der Waals surface area contributed by atoms with E-state index in [0.717, 1.165) is 49.7 Å². The maximum absolute atomic E-state index is 10.3. The van der Waals surface area contributed by atoms with Crippen molar-refractivity contribution in [2.24, 2.45) is 5.92 Å². The van der Waals surface area contributed by atoms with Gasteiger partial charge in [0.25, 0.3) is 0 Å². The molecule has 2 fully saturated rings. The Balaban J connectivity index is 1.71. The van der Waals surface area contributed by atoms with Gasteiger partial charge < -0.3 is 9.84 Å². The van der Waals surface area contributed by atoms with Crippen LogP contribution in [0.3, 0.4) is 0 Å². The second-order valence-electron chi connectivity index (χ2n) is 5.27. The molecule has 1 spiro atoms. The molecule has 1 saturated heterocycles. The van der Waals surface area contributed by atoms with Gasteiger partial charge in [-0.2, -0.15) is 8.75 Å². The highest BCUT2D eigenvalue weighted by molar-refractivity contribution is 6.99. The fourth-order valence-electron chi connectivity index (χ4n) is 3.25. The summed E-state index contributed by atoms with van der Waals surface area (Å²) in [6.07, 6.45) is 7.98. The molecular weight excluding hydrogens is 236 g/mol. The molecular formula is C12H18N2O2S. The Morgan fingerprint density at radius 1 is 1.47 bits per heavy atom. The minimum Gasteiger partial charge on any atom is -0.386 e. The van der Waals surface area contributed by atoms with Crippen molar-refractivity contribution < 1.29 is 9.84 Å². The van der Waals surface area contributed by atoms with Crippen LogP contribution in [0.1, 0.15) is 50.3 Å². The standard InChI is InChI=1S/C12H18N2O2S/c15-11(10-8-13-17-14-10)9-3-6-16-12(7-9)4-1-2-5-12/h8-9,11,15H,1-7H2. The summed E-state index contributed by atoms with van der Waals surface area (Å²) in [4.78, 5) is 0. The van der Waals surface area contributed by atoms with Gasteiger partial charge in [0.1, 0.15) is 11.8 Å². The molecule has 94 valence electrons. The van der Waals surface area contributed by atoms with Crippen LogP contribution in [0.15, 0.2) is 6.20 Å². The van der Waals surface area contributed by atoms with Crippen LogP contribution >= 0.6 is 11.7 Å². The molecule has 3 rings (SSSR count). The summed E-state index contributed by atoms with van der Waals surface area (Å²) in [5.41, 5.74) is 0.794. The maximum Gasteiger partial charge on any atom is 0.103 e. The molecule has 0 bridgehead atoms. The highest BCUT2D eigenvalue weighted by atomic mass is 32.1. The highest BCUT2D eigenvalue weighted by Crippen LogP contribution is 2.45. The van der Waals surface area contributed by atoms with Gasteiger partial charge in [-0.05, 0) is 31.6 Å². The first kappa shape index (κ1) is 11.6. The lowest BCUT2D eigenvalue weighted by molar-refractivity contribution is -0.113. The van der Waals surface area contributed by atoms with Crippen LogP contribution in [0, 0.1) is 5.92 Å². The van der Waals surface area contributed by atoms with Crippen LogP contribution in [0.5, 0.6) is 0 Å². The van der Waals surface area contributed by atoms with E-state index in [2.05, 4.69) is 8.75 Å². The summed E-state index contributed by atoms with van der Waals surface area (Å²) < 4.78 is 14.1. The Hall–Kier alpha value is -0.520. The molecule has 1 aromatic heterocycles. The molecule has 2 aliphatic rings. The number of nitrogens with zero attached hydrogens (tertiary/aromatic N) is 2. The van der Waals surface area contributed by atoms with Gasteiger partial charge in [0, 0.05) is 6.61 Å². The van der Waals surface area contributed by atoms with Crippen molar-refractivity contribution in [2.45, 2.75) is 50.2 Å². The Morgan fingerprint density at radius 3 is 3.00 bits per heavy atom. The quantitative estimate of drug-likeness (QED) is 0.880. The molecule has 0 amide bonds. The summed E-state index contributed by atoms with van der Waals surface area (Å²) in [6, 6.07) is 0. The Kier molecular flexibility index (Phi) is 3.15. The zero-order chi connectivity index (χ0) is 11.7. The first-order chi connectivity index (χ1) is 8.29. The molecule has 5 heteroatoms. The van der Waals surface area contributed by atoms with Crippen molar-refractivity contribution in [2.75, 3.05) is 6.61 Å². The van der Waals surface area contributed by atoms with E-state index >= 15 is 0 Å². The highest BCUT2D eigenvalue weighted by Gasteiger charge is 2.42. The van der Waals surface area contributed by atoms with E-state index in [9.17, 15) is 5.11 Å². The Labute approximate surface area is 105 Å². The number of aliphatic hydroxyl groups is 1. The summed E-state index contributed by atoms with van der Waals surface area (Å²) in [7, 11) is 0. The monoisotopic (exact) mass is 254 g/mol. The largest absolute Gasteiger partial charge is 0.386 e. The van der Waals surface area contributed by atoms with Gasteiger partial charge in [0.05, 0.1) is 23.5 Å². The molecule has 1 saturated carbocycles. The second-order valence-corrected chi connectivity index (χ2v) is 5.83. The summed E-state index contributed by atoms with van der Waals surface area (Å²) in [5, 5.41) is 10.3. The van der Waals surface area contributed by atoms with Crippen molar-refractivity contribution in [3.05, 3.63) is 11.9 Å². The fraction of sp³-hybridized carbons (Fsp3) is 0.833. The zero-order valence-corrected chi connectivity index (χ0v) is 10.7. The molecule has 1 aliphatic heterocycles. The lowest BCUT2D eigenvalue weighted by atomic mass is 9.81. The minimum absolute atomic E-state index is 0.0628. The van der Waals surface area contributed by atoms with Gasteiger partial charge in [-0.3, -0.25) is 0 Å². The predicted octanol–water partition coefficient (Wildman–Crippen LogP) is 2.31.